The Kier molecular flexibility index (Phi) is 4.41. The molecule has 1 aromatic heterocycles. The van der Waals surface area contributed by atoms with Gasteiger partial charge in [0.15, 0.2) is 0 Å². The highest BCUT2D eigenvalue weighted by Crippen LogP contribution is 2.34. The summed E-state index contributed by atoms with van der Waals surface area (Å²) in [5.41, 5.74) is 1.47. The molecule has 0 fully saturated rings. The Balaban J connectivity index is 2.42. The number of ether oxygens (including phenoxy) is 1. The number of aryl methyl sites for hydroxylation is 1. The van der Waals surface area contributed by atoms with Crippen molar-refractivity contribution in [1.82, 2.24) is 0 Å². The lowest BCUT2D eigenvalue weighted by molar-refractivity contribution is 0.415. The molecule has 0 saturated heterocycles. The van der Waals surface area contributed by atoms with Gasteiger partial charge in [-0.05, 0) is 46.6 Å². The first kappa shape index (κ1) is 15.3. The maximum absolute atomic E-state index is 12.6. The van der Waals surface area contributed by atoms with Crippen LogP contribution in [0.2, 0.25) is 0 Å². The van der Waals surface area contributed by atoms with E-state index in [0.29, 0.717) is 15.6 Å². The van der Waals surface area contributed by atoms with Crippen LogP contribution in [0.1, 0.15) is 5.56 Å². The molecule has 0 atom stereocenters. The smallest absolute Gasteiger partial charge is 0.273 e. The number of rotatable bonds is 4. The molecule has 4 nitrogen and oxygen atoms in total. The average Bonchev–Trinajstić information content (AvgIpc) is 2.78. The van der Waals surface area contributed by atoms with Crippen LogP contribution in [0, 0.1) is 6.92 Å². The third-order valence-electron chi connectivity index (χ3n) is 2.87. The fourth-order valence-corrected chi connectivity index (χ4v) is 5.22. The van der Waals surface area contributed by atoms with Crippen LogP contribution in [0.3, 0.4) is 0 Å². The molecule has 1 aromatic carbocycles. The van der Waals surface area contributed by atoms with E-state index in [1.807, 2.05) is 6.92 Å². The molecule has 0 amide bonds. The zero-order chi connectivity index (χ0) is 14.9. The highest BCUT2D eigenvalue weighted by atomic mass is 79.9. The zero-order valence-corrected chi connectivity index (χ0v) is 14.5. The van der Waals surface area contributed by atoms with Gasteiger partial charge in [-0.25, -0.2) is 8.42 Å². The molecule has 0 N–H and O–H groups in total. The molecular weight excluding hydrogens is 362 g/mol. The third kappa shape index (κ3) is 2.84. The van der Waals surface area contributed by atoms with Crippen molar-refractivity contribution in [1.29, 1.82) is 0 Å². The fourth-order valence-electron chi connectivity index (χ4n) is 1.64. The van der Waals surface area contributed by atoms with E-state index >= 15 is 0 Å². The number of nitrogens with zero attached hydrogens (tertiary/aromatic N) is 1. The summed E-state index contributed by atoms with van der Waals surface area (Å²) in [4.78, 5) is 0. The van der Waals surface area contributed by atoms with Gasteiger partial charge in [0, 0.05) is 13.1 Å². The van der Waals surface area contributed by atoms with Crippen molar-refractivity contribution in [2.24, 2.45) is 0 Å². The monoisotopic (exact) mass is 375 g/mol. The maximum Gasteiger partial charge on any atom is 0.273 e. The predicted molar refractivity (Wildman–Crippen MR) is 85.3 cm³/mol. The first-order valence-electron chi connectivity index (χ1n) is 5.75. The second-order valence-electron chi connectivity index (χ2n) is 4.20. The van der Waals surface area contributed by atoms with Gasteiger partial charge in [-0.2, -0.15) is 0 Å². The molecule has 0 aliphatic heterocycles. The van der Waals surface area contributed by atoms with E-state index in [4.69, 9.17) is 4.74 Å². The van der Waals surface area contributed by atoms with Crippen LogP contribution in [0.5, 0.6) is 5.75 Å². The molecule has 7 heteroatoms. The summed E-state index contributed by atoms with van der Waals surface area (Å²) < 4.78 is 32.7. The van der Waals surface area contributed by atoms with E-state index in [1.165, 1.54) is 22.7 Å². The molecule has 0 spiro atoms. The molecule has 0 saturated carbocycles. The minimum atomic E-state index is -3.55. The molecule has 2 aromatic rings. The standard InChI is InChI=1S/C13H14BrNO3S2/c1-9-7-12(19-13(9)14)20(16,17)15(2)10-5-4-6-11(8-10)18-3/h4-8H,1-3H3. The minimum Gasteiger partial charge on any atom is -0.497 e. The van der Waals surface area contributed by atoms with Crippen molar-refractivity contribution in [2.45, 2.75) is 11.1 Å². The van der Waals surface area contributed by atoms with Gasteiger partial charge in [-0.3, -0.25) is 4.31 Å². The SMILES string of the molecule is COc1cccc(N(C)S(=O)(=O)c2cc(C)c(Br)s2)c1. The molecule has 1 heterocycles. The molecule has 0 unspecified atom stereocenters. The highest BCUT2D eigenvalue weighted by molar-refractivity contribution is 9.11. The molecule has 0 aliphatic rings. The van der Waals surface area contributed by atoms with Gasteiger partial charge in [-0.15, -0.1) is 11.3 Å². The zero-order valence-electron chi connectivity index (χ0n) is 11.3. The minimum absolute atomic E-state index is 0.312. The van der Waals surface area contributed by atoms with Crippen LogP contribution in [0.15, 0.2) is 38.3 Å². The molecule has 0 bridgehead atoms. The van der Waals surface area contributed by atoms with Crippen LogP contribution in [0.4, 0.5) is 5.69 Å². The summed E-state index contributed by atoms with van der Waals surface area (Å²) in [6.07, 6.45) is 0. The Morgan fingerprint density at radius 1 is 1.30 bits per heavy atom. The van der Waals surface area contributed by atoms with Crippen LogP contribution in [0.25, 0.3) is 0 Å². The Morgan fingerprint density at radius 2 is 2.00 bits per heavy atom. The van der Waals surface area contributed by atoms with Crippen molar-refractivity contribution >= 4 is 43.0 Å². The van der Waals surface area contributed by atoms with Gasteiger partial charge < -0.3 is 4.74 Å². The van der Waals surface area contributed by atoms with E-state index in [-0.39, 0.29) is 0 Å². The summed E-state index contributed by atoms with van der Waals surface area (Å²) in [5.74, 6) is 0.619. The Bertz CT molecular complexity index is 705. The van der Waals surface area contributed by atoms with Crippen LogP contribution in [-0.2, 0) is 10.0 Å². The number of anilines is 1. The topological polar surface area (TPSA) is 46.6 Å². The first-order valence-corrected chi connectivity index (χ1v) is 8.80. The molecule has 108 valence electrons. The van der Waals surface area contributed by atoms with Crippen molar-refractivity contribution in [3.8, 4) is 5.75 Å². The average molecular weight is 376 g/mol. The summed E-state index contributed by atoms with van der Waals surface area (Å²) in [6, 6.07) is 8.62. The first-order chi connectivity index (χ1) is 9.36. The lowest BCUT2D eigenvalue weighted by Gasteiger charge is -2.18. The summed E-state index contributed by atoms with van der Waals surface area (Å²) in [5, 5.41) is 0. The Labute approximate surface area is 131 Å². The third-order valence-corrected chi connectivity index (χ3v) is 7.24. The van der Waals surface area contributed by atoms with Crippen molar-refractivity contribution in [3.63, 3.8) is 0 Å². The van der Waals surface area contributed by atoms with Crippen LogP contribution >= 0.6 is 27.3 Å². The molecule has 0 radical (unpaired) electrons. The number of halogens is 1. The van der Waals surface area contributed by atoms with Gasteiger partial charge in [0.05, 0.1) is 16.6 Å². The predicted octanol–water partition coefficient (Wildman–Crippen LogP) is 3.65. The van der Waals surface area contributed by atoms with E-state index in [2.05, 4.69) is 15.9 Å². The van der Waals surface area contributed by atoms with Crippen LogP contribution in [-0.4, -0.2) is 22.6 Å². The van der Waals surface area contributed by atoms with Gasteiger partial charge >= 0.3 is 0 Å². The van der Waals surface area contributed by atoms with E-state index in [1.54, 1.807) is 37.4 Å². The number of benzene rings is 1. The van der Waals surface area contributed by atoms with E-state index in [0.717, 1.165) is 9.35 Å². The van der Waals surface area contributed by atoms with Crippen molar-refractivity contribution < 1.29 is 13.2 Å². The maximum atomic E-state index is 12.6. The highest BCUT2D eigenvalue weighted by Gasteiger charge is 2.24. The molecule has 0 aliphatic carbocycles. The number of hydrogen-bond acceptors (Lipinski definition) is 4. The van der Waals surface area contributed by atoms with E-state index < -0.39 is 10.0 Å². The lowest BCUT2D eigenvalue weighted by Crippen LogP contribution is -2.25. The number of hydrogen-bond donors (Lipinski definition) is 0. The fraction of sp³-hybridized carbons (Fsp3) is 0.231. The second kappa shape index (κ2) is 5.75. The van der Waals surface area contributed by atoms with Crippen molar-refractivity contribution in [3.05, 3.63) is 39.7 Å². The lowest BCUT2D eigenvalue weighted by atomic mass is 10.3. The Morgan fingerprint density at radius 3 is 2.55 bits per heavy atom. The quantitative estimate of drug-likeness (QED) is 0.818. The summed E-state index contributed by atoms with van der Waals surface area (Å²) in [6.45, 7) is 1.87. The van der Waals surface area contributed by atoms with Crippen molar-refractivity contribution in [2.75, 3.05) is 18.5 Å². The number of thiophene rings is 1. The van der Waals surface area contributed by atoms with Gasteiger partial charge in [0.2, 0.25) is 0 Å². The molecular formula is C13H14BrNO3S2. The van der Waals surface area contributed by atoms with Gasteiger partial charge in [0.25, 0.3) is 10.0 Å². The normalized spacial score (nSPS) is 11.4. The van der Waals surface area contributed by atoms with E-state index in [9.17, 15) is 8.42 Å². The van der Waals surface area contributed by atoms with Gasteiger partial charge in [-0.1, -0.05) is 6.07 Å². The Hall–Kier alpha value is -1.05. The van der Waals surface area contributed by atoms with Crippen LogP contribution < -0.4 is 9.04 Å². The number of sulfonamides is 1. The summed E-state index contributed by atoms with van der Waals surface area (Å²) in [7, 11) is -0.469. The largest absolute Gasteiger partial charge is 0.497 e. The summed E-state index contributed by atoms with van der Waals surface area (Å²) >= 11 is 4.56. The van der Waals surface area contributed by atoms with Gasteiger partial charge in [0.1, 0.15) is 9.96 Å². The number of methoxy groups -OCH3 is 1. The molecule has 20 heavy (non-hydrogen) atoms. The molecule has 2 rings (SSSR count). The second-order valence-corrected chi connectivity index (χ2v) is 8.76.